The van der Waals surface area contributed by atoms with Gasteiger partial charge in [0.1, 0.15) is 22.9 Å². The Morgan fingerprint density at radius 3 is 2.62 bits per heavy atom. The van der Waals surface area contributed by atoms with Crippen LogP contribution in [0.3, 0.4) is 0 Å². The van der Waals surface area contributed by atoms with Crippen LogP contribution < -0.4 is 5.56 Å². The zero-order valence-electron chi connectivity index (χ0n) is 16.4. The Morgan fingerprint density at radius 2 is 1.97 bits per heavy atom. The normalized spacial score (nSPS) is 12.6. The molecule has 0 aliphatic rings. The molecule has 9 heteroatoms. The third kappa shape index (κ3) is 4.13. The van der Waals surface area contributed by atoms with E-state index in [0.717, 1.165) is 0 Å². The summed E-state index contributed by atoms with van der Waals surface area (Å²) in [5.74, 6) is -0.595. The molecule has 0 spiro atoms. The van der Waals surface area contributed by atoms with E-state index in [9.17, 15) is 19.7 Å². The van der Waals surface area contributed by atoms with Gasteiger partial charge in [-0.15, -0.1) is 0 Å². The molecule has 0 aliphatic heterocycles. The predicted octanol–water partition coefficient (Wildman–Crippen LogP) is 3.27. The van der Waals surface area contributed by atoms with Crippen LogP contribution in [0.5, 0.6) is 0 Å². The number of fused-ring (bicyclic) bond motifs is 1. The predicted molar refractivity (Wildman–Crippen MR) is 106 cm³/mol. The van der Waals surface area contributed by atoms with Gasteiger partial charge in [-0.1, -0.05) is 12.1 Å². The number of nitro benzene ring substituents is 1. The van der Waals surface area contributed by atoms with Crippen molar-refractivity contribution >= 4 is 22.8 Å². The molecule has 0 saturated carbocycles. The maximum Gasteiger partial charge on any atom is 0.329 e. The van der Waals surface area contributed by atoms with Crippen LogP contribution in [-0.2, 0) is 9.53 Å². The van der Waals surface area contributed by atoms with Gasteiger partial charge < -0.3 is 4.74 Å². The third-order valence-corrected chi connectivity index (χ3v) is 4.11. The second-order valence-corrected chi connectivity index (χ2v) is 7.50. The Bertz CT molecular complexity index is 1160. The number of nitro groups is 1. The van der Waals surface area contributed by atoms with Crippen LogP contribution in [0.15, 0.2) is 47.4 Å². The van der Waals surface area contributed by atoms with Gasteiger partial charge in [0, 0.05) is 23.9 Å². The Hall–Kier alpha value is -3.62. The van der Waals surface area contributed by atoms with E-state index >= 15 is 0 Å². The van der Waals surface area contributed by atoms with Gasteiger partial charge in [-0.25, -0.2) is 14.8 Å². The molecule has 2 heterocycles. The van der Waals surface area contributed by atoms with Gasteiger partial charge in [-0.3, -0.25) is 19.5 Å². The van der Waals surface area contributed by atoms with E-state index in [-0.39, 0.29) is 22.6 Å². The summed E-state index contributed by atoms with van der Waals surface area (Å²) >= 11 is 0. The molecule has 0 unspecified atom stereocenters. The second kappa shape index (κ2) is 7.42. The lowest BCUT2D eigenvalue weighted by Crippen LogP contribution is -2.35. The van der Waals surface area contributed by atoms with Crippen molar-refractivity contribution in [3.8, 4) is 11.3 Å². The van der Waals surface area contributed by atoms with Crippen molar-refractivity contribution in [2.75, 3.05) is 0 Å². The van der Waals surface area contributed by atoms with Crippen molar-refractivity contribution in [1.29, 1.82) is 0 Å². The monoisotopic (exact) mass is 396 g/mol. The topological polar surface area (TPSA) is 117 Å². The maximum atomic E-state index is 13.3. The number of nitrogens with zero attached hydrogens (tertiary/aromatic N) is 4. The first kappa shape index (κ1) is 20.1. The summed E-state index contributed by atoms with van der Waals surface area (Å²) in [6, 6.07) is 7.97. The molecule has 0 radical (unpaired) electrons. The fourth-order valence-electron chi connectivity index (χ4n) is 2.85. The first-order chi connectivity index (χ1) is 13.6. The highest BCUT2D eigenvalue weighted by atomic mass is 16.6. The number of pyridine rings is 1. The van der Waals surface area contributed by atoms with E-state index < -0.39 is 28.1 Å². The van der Waals surface area contributed by atoms with Crippen molar-refractivity contribution in [2.24, 2.45) is 0 Å². The van der Waals surface area contributed by atoms with Crippen LogP contribution in [0.1, 0.15) is 33.7 Å². The number of ether oxygens (including phenoxy) is 1. The molecule has 0 saturated heterocycles. The van der Waals surface area contributed by atoms with E-state index in [1.54, 1.807) is 45.9 Å². The Balaban J connectivity index is 2.24. The molecule has 0 fully saturated rings. The van der Waals surface area contributed by atoms with E-state index in [4.69, 9.17) is 4.74 Å². The summed E-state index contributed by atoms with van der Waals surface area (Å²) in [5.41, 5.74) is -0.607. The lowest BCUT2D eigenvalue weighted by Gasteiger charge is -2.24. The number of hydrogen-bond donors (Lipinski definition) is 0. The number of carbonyl (C=O) groups is 1. The molecule has 0 bridgehead atoms. The molecule has 2 aromatic heterocycles. The number of esters is 1. The maximum absolute atomic E-state index is 13.3. The highest BCUT2D eigenvalue weighted by Crippen LogP contribution is 2.23. The van der Waals surface area contributed by atoms with Crippen molar-refractivity contribution in [2.45, 2.75) is 39.3 Å². The molecule has 0 aliphatic carbocycles. The Morgan fingerprint density at radius 1 is 1.24 bits per heavy atom. The smallest absolute Gasteiger partial charge is 0.329 e. The lowest BCUT2D eigenvalue weighted by molar-refractivity contribution is -0.384. The number of hydrogen-bond acceptors (Lipinski definition) is 7. The first-order valence-corrected chi connectivity index (χ1v) is 8.93. The summed E-state index contributed by atoms with van der Waals surface area (Å²) in [6.45, 7) is 6.74. The summed E-state index contributed by atoms with van der Waals surface area (Å²) in [6.07, 6.45) is 1.49. The fraction of sp³-hybridized carbons (Fsp3) is 0.300. The van der Waals surface area contributed by atoms with Crippen LogP contribution in [0.4, 0.5) is 5.69 Å². The molecule has 1 atom stereocenters. The number of rotatable bonds is 4. The zero-order chi connectivity index (χ0) is 21.3. The first-order valence-electron chi connectivity index (χ1n) is 8.93. The van der Waals surface area contributed by atoms with Gasteiger partial charge in [0.2, 0.25) is 0 Å². The highest BCUT2D eigenvalue weighted by molar-refractivity contribution is 5.80. The van der Waals surface area contributed by atoms with Crippen molar-refractivity contribution < 1.29 is 14.5 Å². The van der Waals surface area contributed by atoms with Crippen LogP contribution in [0.2, 0.25) is 0 Å². The van der Waals surface area contributed by atoms with Crippen molar-refractivity contribution in [1.82, 2.24) is 14.5 Å². The number of aromatic nitrogens is 3. The van der Waals surface area contributed by atoms with Crippen LogP contribution in [0, 0.1) is 10.1 Å². The molecule has 3 aromatic rings. The summed E-state index contributed by atoms with van der Waals surface area (Å²) < 4.78 is 6.63. The van der Waals surface area contributed by atoms with Crippen LogP contribution in [0.25, 0.3) is 22.4 Å². The molecule has 0 amide bonds. The van der Waals surface area contributed by atoms with Crippen LogP contribution in [-0.4, -0.2) is 31.0 Å². The molecule has 9 nitrogen and oxygen atoms in total. The van der Waals surface area contributed by atoms with E-state index in [0.29, 0.717) is 5.52 Å². The van der Waals surface area contributed by atoms with Gasteiger partial charge >= 0.3 is 5.97 Å². The van der Waals surface area contributed by atoms with Crippen LogP contribution >= 0.6 is 0 Å². The summed E-state index contributed by atoms with van der Waals surface area (Å²) in [5, 5.41) is 11.1. The fourth-order valence-corrected chi connectivity index (χ4v) is 2.85. The SMILES string of the molecule is C[C@@H](C(=O)OC(C)(C)C)n1c(=O)c(-c2cccc([N+](=O)[O-])c2)nc2cccnc21. The van der Waals surface area contributed by atoms with Crippen molar-refractivity contribution in [3.05, 3.63) is 63.1 Å². The molecule has 0 N–H and O–H groups in total. The third-order valence-electron chi connectivity index (χ3n) is 4.11. The molecule has 3 rings (SSSR count). The lowest BCUT2D eigenvalue weighted by atomic mass is 10.1. The number of non-ortho nitro benzene ring substituents is 1. The molecule has 150 valence electrons. The van der Waals surface area contributed by atoms with E-state index in [1.807, 2.05) is 0 Å². The minimum atomic E-state index is -0.973. The molecule has 1 aromatic carbocycles. The van der Waals surface area contributed by atoms with E-state index in [2.05, 4.69) is 9.97 Å². The van der Waals surface area contributed by atoms with E-state index in [1.165, 1.54) is 29.0 Å². The van der Waals surface area contributed by atoms with Gasteiger partial charge in [-0.2, -0.15) is 0 Å². The largest absolute Gasteiger partial charge is 0.458 e. The molecular weight excluding hydrogens is 376 g/mol. The van der Waals surface area contributed by atoms with Gasteiger partial charge in [0.05, 0.1) is 4.92 Å². The number of carbonyl (C=O) groups excluding carboxylic acids is 1. The van der Waals surface area contributed by atoms with Gasteiger partial charge in [0.15, 0.2) is 5.65 Å². The summed E-state index contributed by atoms with van der Waals surface area (Å²) in [7, 11) is 0. The Labute approximate surface area is 166 Å². The average Bonchev–Trinajstić information content (AvgIpc) is 2.65. The minimum Gasteiger partial charge on any atom is -0.458 e. The van der Waals surface area contributed by atoms with Crippen molar-refractivity contribution in [3.63, 3.8) is 0 Å². The minimum absolute atomic E-state index is 0.00962. The number of benzene rings is 1. The summed E-state index contributed by atoms with van der Waals surface area (Å²) in [4.78, 5) is 45.0. The second-order valence-electron chi connectivity index (χ2n) is 7.50. The standard InChI is InChI=1S/C20H20N4O5/c1-12(19(26)29-20(2,3)4)23-17-15(9-6-10-21-17)22-16(18(23)25)13-7-5-8-14(11-13)24(27)28/h5-12H,1-4H3/t12-/m0/s1. The van der Waals surface area contributed by atoms with Gasteiger partial charge in [-0.05, 0) is 39.8 Å². The zero-order valence-corrected chi connectivity index (χ0v) is 16.4. The molecular formula is C20H20N4O5. The quantitative estimate of drug-likeness (QED) is 0.377. The highest BCUT2D eigenvalue weighted by Gasteiger charge is 2.27. The Kier molecular flexibility index (Phi) is 5.15. The average molecular weight is 396 g/mol. The molecule has 29 heavy (non-hydrogen) atoms. The van der Waals surface area contributed by atoms with Gasteiger partial charge in [0.25, 0.3) is 11.2 Å².